The number of amides is 1. The summed E-state index contributed by atoms with van der Waals surface area (Å²) in [4.78, 5) is 22.7. The highest BCUT2D eigenvalue weighted by molar-refractivity contribution is 5.79. The van der Waals surface area contributed by atoms with Gasteiger partial charge in [-0.05, 0) is 39.0 Å². The zero-order chi connectivity index (χ0) is 18.7. The molecule has 0 saturated carbocycles. The molecule has 0 aliphatic carbocycles. The summed E-state index contributed by atoms with van der Waals surface area (Å²) in [6.45, 7) is 5.92. The van der Waals surface area contributed by atoms with E-state index in [1.165, 1.54) is 6.33 Å². The number of rotatable bonds is 5. The van der Waals surface area contributed by atoms with E-state index in [2.05, 4.69) is 15.1 Å². The van der Waals surface area contributed by atoms with Crippen molar-refractivity contribution in [2.45, 2.75) is 33.2 Å². The molecule has 134 valence electrons. The molecule has 0 fully saturated rings. The van der Waals surface area contributed by atoms with E-state index in [1.807, 2.05) is 61.9 Å². The second kappa shape index (κ2) is 7.47. The molecule has 0 radical (unpaired) electrons. The molecule has 0 aliphatic rings. The van der Waals surface area contributed by atoms with E-state index in [0.29, 0.717) is 6.42 Å². The third kappa shape index (κ3) is 3.49. The standard InChI is InChI=1S/C20H23N5O/c1-14-18(15(2)25(23-14)17-8-6-5-7-9-17)12-20(26)24(4)16(3)19-10-11-21-13-22-19/h5-11,13,16H,12H2,1-4H3/t16-/m0/s1. The number of carbonyl (C=O) groups excluding carboxylic acids is 1. The Balaban J connectivity index is 1.80. The van der Waals surface area contributed by atoms with Crippen LogP contribution < -0.4 is 0 Å². The Morgan fingerprint density at radius 3 is 2.58 bits per heavy atom. The fourth-order valence-electron chi connectivity index (χ4n) is 2.99. The average Bonchev–Trinajstić information content (AvgIpc) is 2.96. The summed E-state index contributed by atoms with van der Waals surface area (Å²) < 4.78 is 1.89. The van der Waals surface area contributed by atoms with Crippen molar-refractivity contribution in [1.29, 1.82) is 0 Å². The number of nitrogens with zero attached hydrogens (tertiary/aromatic N) is 5. The topological polar surface area (TPSA) is 63.9 Å². The molecule has 6 heteroatoms. The monoisotopic (exact) mass is 349 g/mol. The van der Waals surface area contributed by atoms with Gasteiger partial charge in [-0.15, -0.1) is 0 Å². The fourth-order valence-corrected chi connectivity index (χ4v) is 2.99. The summed E-state index contributed by atoms with van der Waals surface area (Å²) in [7, 11) is 1.81. The van der Waals surface area contributed by atoms with E-state index < -0.39 is 0 Å². The molecule has 6 nitrogen and oxygen atoms in total. The lowest BCUT2D eigenvalue weighted by Gasteiger charge is -2.24. The van der Waals surface area contributed by atoms with Gasteiger partial charge in [-0.1, -0.05) is 18.2 Å². The second-order valence-electron chi connectivity index (χ2n) is 6.39. The first kappa shape index (κ1) is 17.8. The normalized spacial score (nSPS) is 12.0. The molecule has 0 unspecified atom stereocenters. The van der Waals surface area contributed by atoms with Crippen LogP contribution in [-0.2, 0) is 11.2 Å². The Kier molecular flexibility index (Phi) is 5.11. The van der Waals surface area contributed by atoms with Gasteiger partial charge in [-0.3, -0.25) is 4.79 Å². The van der Waals surface area contributed by atoms with E-state index in [4.69, 9.17) is 0 Å². The van der Waals surface area contributed by atoms with Gasteiger partial charge >= 0.3 is 0 Å². The number of hydrogen-bond donors (Lipinski definition) is 0. The van der Waals surface area contributed by atoms with Crippen LogP contribution in [0.25, 0.3) is 5.69 Å². The molecule has 2 aromatic heterocycles. The molecular weight excluding hydrogens is 326 g/mol. The molecule has 0 spiro atoms. The first-order valence-corrected chi connectivity index (χ1v) is 8.61. The number of aryl methyl sites for hydroxylation is 1. The SMILES string of the molecule is Cc1nn(-c2ccccc2)c(C)c1CC(=O)N(C)[C@@H](C)c1ccncn1. The second-order valence-corrected chi connectivity index (χ2v) is 6.39. The molecule has 0 aliphatic heterocycles. The average molecular weight is 349 g/mol. The van der Waals surface area contributed by atoms with Crippen LogP contribution >= 0.6 is 0 Å². The minimum Gasteiger partial charge on any atom is -0.337 e. The molecule has 1 amide bonds. The summed E-state index contributed by atoms with van der Waals surface area (Å²) in [5.74, 6) is 0.0370. The Morgan fingerprint density at radius 2 is 1.92 bits per heavy atom. The van der Waals surface area contributed by atoms with Crippen molar-refractivity contribution < 1.29 is 4.79 Å². The Labute approximate surface area is 153 Å². The summed E-state index contributed by atoms with van der Waals surface area (Å²) in [5, 5.41) is 4.62. The van der Waals surface area contributed by atoms with Crippen LogP contribution in [0.3, 0.4) is 0 Å². The molecule has 3 rings (SSSR count). The minimum atomic E-state index is -0.115. The van der Waals surface area contributed by atoms with Crippen molar-refractivity contribution in [3.8, 4) is 5.69 Å². The Morgan fingerprint density at radius 1 is 1.19 bits per heavy atom. The van der Waals surface area contributed by atoms with Gasteiger partial charge in [0.05, 0.1) is 29.5 Å². The molecule has 1 atom stereocenters. The molecular formula is C20H23N5O. The lowest BCUT2D eigenvalue weighted by atomic mass is 10.1. The number of hydrogen-bond acceptors (Lipinski definition) is 4. The molecule has 2 heterocycles. The van der Waals surface area contributed by atoms with Crippen LogP contribution in [0.5, 0.6) is 0 Å². The van der Waals surface area contributed by atoms with Crippen molar-refractivity contribution in [2.75, 3.05) is 7.05 Å². The molecule has 3 aromatic rings. The largest absolute Gasteiger partial charge is 0.337 e. The number of likely N-dealkylation sites (N-methyl/N-ethyl adjacent to an activating group) is 1. The van der Waals surface area contributed by atoms with Crippen molar-refractivity contribution in [1.82, 2.24) is 24.6 Å². The first-order chi connectivity index (χ1) is 12.5. The maximum atomic E-state index is 12.8. The Hall–Kier alpha value is -3.02. The summed E-state index contributed by atoms with van der Waals surface area (Å²) in [5.41, 5.74) is 4.66. The zero-order valence-corrected chi connectivity index (χ0v) is 15.5. The number of carbonyl (C=O) groups is 1. The van der Waals surface area contributed by atoms with Crippen LogP contribution in [0.2, 0.25) is 0 Å². The van der Waals surface area contributed by atoms with Gasteiger partial charge in [0.1, 0.15) is 6.33 Å². The maximum absolute atomic E-state index is 12.8. The van der Waals surface area contributed by atoms with Crippen molar-refractivity contribution in [3.63, 3.8) is 0 Å². The van der Waals surface area contributed by atoms with Gasteiger partial charge in [-0.2, -0.15) is 5.10 Å². The Bertz CT molecular complexity index is 889. The van der Waals surface area contributed by atoms with Crippen molar-refractivity contribution in [2.24, 2.45) is 0 Å². The van der Waals surface area contributed by atoms with Crippen LogP contribution in [-0.4, -0.2) is 37.6 Å². The third-order valence-electron chi connectivity index (χ3n) is 4.78. The first-order valence-electron chi connectivity index (χ1n) is 8.61. The molecule has 26 heavy (non-hydrogen) atoms. The van der Waals surface area contributed by atoms with Crippen LogP contribution in [0.4, 0.5) is 0 Å². The predicted octanol–water partition coefficient (Wildman–Crippen LogP) is 3.04. The predicted molar refractivity (Wildman–Crippen MR) is 100.0 cm³/mol. The highest BCUT2D eigenvalue weighted by Gasteiger charge is 2.22. The fraction of sp³-hybridized carbons (Fsp3) is 0.300. The molecule has 1 aromatic carbocycles. The van der Waals surface area contributed by atoms with Crippen LogP contribution in [0.1, 0.15) is 35.6 Å². The molecule has 0 N–H and O–H groups in total. The van der Waals surface area contributed by atoms with Crippen molar-refractivity contribution in [3.05, 3.63) is 71.6 Å². The van der Waals surface area contributed by atoms with Crippen LogP contribution in [0, 0.1) is 13.8 Å². The molecule has 0 bridgehead atoms. The van der Waals surface area contributed by atoms with Gasteiger partial charge in [0.25, 0.3) is 0 Å². The highest BCUT2D eigenvalue weighted by Crippen LogP contribution is 2.21. The lowest BCUT2D eigenvalue weighted by Crippen LogP contribution is -2.31. The van der Waals surface area contributed by atoms with Crippen molar-refractivity contribution >= 4 is 5.91 Å². The highest BCUT2D eigenvalue weighted by atomic mass is 16.2. The van der Waals surface area contributed by atoms with E-state index in [-0.39, 0.29) is 11.9 Å². The smallest absolute Gasteiger partial charge is 0.227 e. The van der Waals surface area contributed by atoms with E-state index in [9.17, 15) is 4.79 Å². The third-order valence-corrected chi connectivity index (χ3v) is 4.78. The van der Waals surface area contributed by atoms with Gasteiger partial charge in [0, 0.05) is 24.5 Å². The van der Waals surface area contributed by atoms with Gasteiger partial charge in [0.2, 0.25) is 5.91 Å². The number of para-hydroxylation sites is 1. The number of aromatic nitrogens is 4. The molecule has 0 saturated heterocycles. The number of benzene rings is 1. The van der Waals surface area contributed by atoms with E-state index >= 15 is 0 Å². The minimum absolute atomic E-state index is 0.0370. The summed E-state index contributed by atoms with van der Waals surface area (Å²) >= 11 is 0. The van der Waals surface area contributed by atoms with Crippen LogP contribution in [0.15, 0.2) is 48.9 Å². The maximum Gasteiger partial charge on any atom is 0.227 e. The summed E-state index contributed by atoms with van der Waals surface area (Å²) in [6.07, 6.45) is 3.51. The van der Waals surface area contributed by atoms with Gasteiger partial charge in [0.15, 0.2) is 0 Å². The van der Waals surface area contributed by atoms with E-state index in [1.54, 1.807) is 18.1 Å². The summed E-state index contributed by atoms with van der Waals surface area (Å²) in [6, 6.07) is 11.7. The van der Waals surface area contributed by atoms with E-state index in [0.717, 1.165) is 28.3 Å². The zero-order valence-electron chi connectivity index (χ0n) is 15.5. The lowest BCUT2D eigenvalue weighted by molar-refractivity contribution is -0.131. The quantitative estimate of drug-likeness (QED) is 0.710. The van der Waals surface area contributed by atoms with Gasteiger partial charge in [-0.25, -0.2) is 14.6 Å². The van der Waals surface area contributed by atoms with Gasteiger partial charge < -0.3 is 4.90 Å².